The summed E-state index contributed by atoms with van der Waals surface area (Å²) in [7, 11) is -0.489. The number of hydrogen-bond donors (Lipinski definition) is 3. The van der Waals surface area contributed by atoms with Crippen molar-refractivity contribution in [3.8, 4) is 0 Å². The van der Waals surface area contributed by atoms with Crippen LogP contribution in [0.25, 0.3) is 0 Å². The molecule has 1 aromatic rings. The first-order valence-corrected chi connectivity index (χ1v) is 12.6. The Bertz CT molecular complexity index is 964. The Hall–Kier alpha value is -2.59. The first-order valence-electron chi connectivity index (χ1n) is 12.6. The molecule has 36 heavy (non-hydrogen) atoms. The Kier molecular flexibility index (Phi) is 7.82. The van der Waals surface area contributed by atoms with Gasteiger partial charge in [-0.2, -0.15) is 0 Å². The van der Waals surface area contributed by atoms with Crippen LogP contribution in [0, 0.1) is 0 Å². The standard InChI is InChI=1S/C26H40BN3O6/c1-23(2,3)34-22(33)30-26(14-8-9-15-26)21(32)29-19(20(28)31)16-17-10-12-18(13-11-17)27-35-24(4,5)25(6,7)36-27/h10-13,19H,8-9,14-16H2,1-7H3,(H2,28,31)(H,29,32)(H,30,33). The van der Waals surface area contributed by atoms with Gasteiger partial charge in [-0.1, -0.05) is 37.1 Å². The Morgan fingerprint density at radius 2 is 1.56 bits per heavy atom. The summed E-state index contributed by atoms with van der Waals surface area (Å²) in [4.78, 5) is 38.0. The maximum atomic E-state index is 13.3. The quantitative estimate of drug-likeness (QED) is 0.492. The molecule has 1 aliphatic carbocycles. The lowest BCUT2D eigenvalue weighted by Crippen LogP contribution is -2.61. The van der Waals surface area contributed by atoms with Gasteiger partial charge >= 0.3 is 13.2 Å². The summed E-state index contributed by atoms with van der Waals surface area (Å²) in [5.74, 6) is -1.08. The van der Waals surface area contributed by atoms with Crippen molar-refractivity contribution in [3.63, 3.8) is 0 Å². The summed E-state index contributed by atoms with van der Waals surface area (Å²) < 4.78 is 17.5. The molecule has 9 nitrogen and oxygen atoms in total. The number of carbonyl (C=O) groups excluding carboxylic acids is 3. The fraction of sp³-hybridized carbons (Fsp3) is 0.654. The van der Waals surface area contributed by atoms with Crippen molar-refractivity contribution in [2.75, 3.05) is 0 Å². The molecule has 1 atom stereocenters. The van der Waals surface area contributed by atoms with E-state index in [9.17, 15) is 14.4 Å². The van der Waals surface area contributed by atoms with E-state index in [0.717, 1.165) is 23.9 Å². The van der Waals surface area contributed by atoms with Crippen molar-refractivity contribution in [1.82, 2.24) is 10.6 Å². The monoisotopic (exact) mass is 501 g/mol. The molecular formula is C26H40BN3O6. The van der Waals surface area contributed by atoms with Gasteiger partial charge in [0.15, 0.2) is 0 Å². The normalized spacial score (nSPS) is 21.0. The van der Waals surface area contributed by atoms with E-state index in [-0.39, 0.29) is 6.42 Å². The van der Waals surface area contributed by atoms with Gasteiger partial charge in [0, 0.05) is 6.42 Å². The Morgan fingerprint density at radius 1 is 1.03 bits per heavy atom. The number of carbonyl (C=O) groups is 3. The molecule has 1 heterocycles. The molecule has 1 saturated heterocycles. The van der Waals surface area contributed by atoms with E-state index in [1.54, 1.807) is 20.8 Å². The summed E-state index contributed by atoms with van der Waals surface area (Å²) in [5.41, 5.74) is 4.62. The fourth-order valence-corrected chi connectivity index (χ4v) is 4.43. The summed E-state index contributed by atoms with van der Waals surface area (Å²) in [6.07, 6.45) is 2.05. The van der Waals surface area contributed by atoms with Crippen molar-refractivity contribution >= 4 is 30.5 Å². The van der Waals surface area contributed by atoms with E-state index in [4.69, 9.17) is 19.8 Å². The van der Waals surface area contributed by atoms with Crippen LogP contribution in [0.1, 0.15) is 79.7 Å². The van der Waals surface area contributed by atoms with Crippen LogP contribution in [0.4, 0.5) is 4.79 Å². The van der Waals surface area contributed by atoms with Gasteiger partial charge in [-0.15, -0.1) is 0 Å². The molecule has 2 aliphatic rings. The Morgan fingerprint density at radius 3 is 2.03 bits per heavy atom. The predicted octanol–water partition coefficient (Wildman–Crippen LogP) is 2.34. The molecule has 3 amide bonds. The SMILES string of the molecule is CC(C)(C)OC(=O)NC1(C(=O)NC(Cc2ccc(B3OC(C)(C)C(C)(C)O3)cc2)C(N)=O)CCCC1. The number of rotatable bonds is 7. The van der Waals surface area contributed by atoms with E-state index in [0.29, 0.717) is 12.8 Å². The van der Waals surface area contributed by atoms with Gasteiger partial charge in [0.2, 0.25) is 11.8 Å². The van der Waals surface area contributed by atoms with Gasteiger partial charge in [-0.05, 0) is 72.3 Å². The second-order valence-corrected chi connectivity index (χ2v) is 11.9. The van der Waals surface area contributed by atoms with Crippen molar-refractivity contribution in [1.29, 1.82) is 0 Å². The van der Waals surface area contributed by atoms with Crippen LogP contribution in [0.5, 0.6) is 0 Å². The number of ether oxygens (including phenoxy) is 1. The molecule has 198 valence electrons. The lowest BCUT2D eigenvalue weighted by Gasteiger charge is -2.32. The number of benzene rings is 1. The number of alkyl carbamates (subject to hydrolysis) is 1. The average Bonchev–Trinajstić information content (AvgIpc) is 3.28. The Labute approximate surface area is 214 Å². The number of primary amides is 1. The van der Waals surface area contributed by atoms with Crippen molar-refractivity contribution in [3.05, 3.63) is 29.8 Å². The van der Waals surface area contributed by atoms with E-state index in [1.807, 2.05) is 52.0 Å². The van der Waals surface area contributed by atoms with E-state index < -0.39 is 53.4 Å². The van der Waals surface area contributed by atoms with Crippen molar-refractivity contribution < 1.29 is 28.4 Å². The maximum Gasteiger partial charge on any atom is 0.494 e. The van der Waals surface area contributed by atoms with Gasteiger partial charge in [-0.25, -0.2) is 4.79 Å². The molecule has 10 heteroatoms. The third-order valence-corrected chi connectivity index (χ3v) is 7.23. The highest BCUT2D eigenvalue weighted by atomic mass is 16.7. The number of nitrogens with one attached hydrogen (secondary N) is 2. The molecule has 2 fully saturated rings. The minimum Gasteiger partial charge on any atom is -0.444 e. The van der Waals surface area contributed by atoms with Gasteiger partial charge in [0.25, 0.3) is 0 Å². The minimum absolute atomic E-state index is 0.216. The smallest absolute Gasteiger partial charge is 0.444 e. The molecule has 1 aliphatic heterocycles. The predicted molar refractivity (Wildman–Crippen MR) is 138 cm³/mol. The second kappa shape index (κ2) is 10.1. The van der Waals surface area contributed by atoms with Crippen molar-refractivity contribution in [2.24, 2.45) is 5.73 Å². The van der Waals surface area contributed by atoms with Crippen LogP contribution in [-0.4, -0.2) is 53.4 Å². The molecule has 0 bridgehead atoms. The van der Waals surface area contributed by atoms with E-state index in [2.05, 4.69) is 10.6 Å². The van der Waals surface area contributed by atoms with Crippen LogP contribution >= 0.6 is 0 Å². The van der Waals surface area contributed by atoms with Gasteiger partial charge in [0.05, 0.1) is 11.2 Å². The molecule has 0 spiro atoms. The Balaban J connectivity index is 1.68. The molecule has 1 saturated carbocycles. The first kappa shape index (κ1) is 28.0. The highest BCUT2D eigenvalue weighted by Crippen LogP contribution is 2.36. The summed E-state index contributed by atoms with van der Waals surface area (Å²) >= 11 is 0. The fourth-order valence-electron chi connectivity index (χ4n) is 4.43. The molecule has 0 radical (unpaired) electrons. The molecular weight excluding hydrogens is 461 g/mol. The van der Waals surface area contributed by atoms with Gasteiger partial charge in [0.1, 0.15) is 17.2 Å². The molecule has 4 N–H and O–H groups in total. The second-order valence-electron chi connectivity index (χ2n) is 11.9. The number of hydrogen-bond acceptors (Lipinski definition) is 6. The van der Waals surface area contributed by atoms with Crippen LogP contribution in [-0.2, 0) is 30.1 Å². The number of nitrogens with two attached hydrogens (primary N) is 1. The van der Waals surface area contributed by atoms with E-state index >= 15 is 0 Å². The molecule has 0 aromatic heterocycles. The summed E-state index contributed by atoms with van der Waals surface area (Å²) in [5, 5.41) is 5.53. The summed E-state index contributed by atoms with van der Waals surface area (Å²) in [6.45, 7) is 13.3. The third-order valence-electron chi connectivity index (χ3n) is 7.23. The summed E-state index contributed by atoms with van der Waals surface area (Å²) in [6, 6.07) is 6.58. The zero-order chi connectivity index (χ0) is 26.9. The van der Waals surface area contributed by atoms with Crippen LogP contribution in [0.15, 0.2) is 24.3 Å². The van der Waals surface area contributed by atoms with E-state index in [1.165, 1.54) is 0 Å². The molecule has 1 aromatic carbocycles. The lowest BCUT2D eigenvalue weighted by atomic mass is 9.78. The molecule has 3 rings (SSSR count). The van der Waals surface area contributed by atoms with Crippen LogP contribution in [0.3, 0.4) is 0 Å². The van der Waals surface area contributed by atoms with Crippen molar-refractivity contribution in [2.45, 2.75) is 109 Å². The third kappa shape index (κ3) is 6.39. The zero-order valence-electron chi connectivity index (χ0n) is 22.5. The van der Waals surface area contributed by atoms with Crippen LogP contribution in [0.2, 0.25) is 0 Å². The highest BCUT2D eigenvalue weighted by molar-refractivity contribution is 6.62. The maximum absolute atomic E-state index is 13.3. The number of amides is 3. The van der Waals surface area contributed by atoms with Gasteiger partial charge < -0.3 is 30.4 Å². The largest absolute Gasteiger partial charge is 0.494 e. The topological polar surface area (TPSA) is 129 Å². The van der Waals surface area contributed by atoms with Crippen LogP contribution < -0.4 is 21.8 Å². The zero-order valence-corrected chi connectivity index (χ0v) is 22.5. The highest BCUT2D eigenvalue weighted by Gasteiger charge is 2.51. The molecule has 1 unspecified atom stereocenters. The lowest BCUT2D eigenvalue weighted by molar-refractivity contribution is -0.131. The first-order chi connectivity index (χ1) is 16.5. The minimum atomic E-state index is -1.13. The van der Waals surface area contributed by atoms with Gasteiger partial charge in [-0.3, -0.25) is 9.59 Å². The average molecular weight is 501 g/mol.